The first-order valence-electron chi connectivity index (χ1n) is 16.8. The summed E-state index contributed by atoms with van der Waals surface area (Å²) in [4.78, 5) is 21.9. The highest BCUT2D eigenvalue weighted by Crippen LogP contribution is 2.33. The lowest BCUT2D eigenvalue weighted by atomic mass is 9.80. The number of aryl methyl sites for hydroxylation is 1. The van der Waals surface area contributed by atoms with E-state index in [9.17, 15) is 4.79 Å². The van der Waals surface area contributed by atoms with E-state index in [0.29, 0.717) is 5.75 Å². The number of nitrogens with zero attached hydrogens (tertiary/aromatic N) is 2. The van der Waals surface area contributed by atoms with E-state index in [2.05, 4.69) is 23.8 Å². The second-order valence-electron chi connectivity index (χ2n) is 12.2. The zero-order valence-corrected chi connectivity index (χ0v) is 25.7. The molecule has 1 heterocycles. The van der Waals surface area contributed by atoms with E-state index < -0.39 is 0 Å². The Balaban J connectivity index is 1.28. The summed E-state index contributed by atoms with van der Waals surface area (Å²) in [5, 5.41) is 0. The Bertz CT molecular complexity index is 917. The van der Waals surface area contributed by atoms with Crippen LogP contribution in [0.4, 0.5) is 0 Å². The van der Waals surface area contributed by atoms with Gasteiger partial charge in [0.15, 0.2) is 5.82 Å². The number of benzene rings is 1. The van der Waals surface area contributed by atoms with Crippen molar-refractivity contribution in [3.8, 4) is 17.1 Å². The van der Waals surface area contributed by atoms with Crippen molar-refractivity contribution in [2.75, 3.05) is 0 Å². The van der Waals surface area contributed by atoms with E-state index in [0.717, 1.165) is 49.4 Å². The predicted molar refractivity (Wildman–Crippen MR) is 167 cm³/mol. The molecule has 0 amide bonds. The molecular weight excluding hydrogens is 492 g/mol. The Morgan fingerprint density at radius 1 is 0.700 bits per heavy atom. The third kappa shape index (κ3) is 12.5. The quantitative estimate of drug-likeness (QED) is 0.0938. The van der Waals surface area contributed by atoms with Crippen molar-refractivity contribution < 1.29 is 9.53 Å². The first-order chi connectivity index (χ1) is 19.7. The van der Waals surface area contributed by atoms with Gasteiger partial charge in [0, 0.05) is 18.0 Å². The lowest BCUT2D eigenvalue weighted by Crippen LogP contribution is -2.25. The summed E-state index contributed by atoms with van der Waals surface area (Å²) in [5.74, 6) is 2.10. The molecule has 0 radical (unpaired) electrons. The maximum absolute atomic E-state index is 12.7. The van der Waals surface area contributed by atoms with Crippen LogP contribution < -0.4 is 4.74 Å². The summed E-state index contributed by atoms with van der Waals surface area (Å²) < 4.78 is 5.73. The minimum absolute atomic E-state index is 0.0445. The molecule has 1 aromatic carbocycles. The number of ether oxygens (including phenoxy) is 1. The highest BCUT2D eigenvalue weighted by atomic mass is 16.5. The summed E-state index contributed by atoms with van der Waals surface area (Å²) in [6.07, 6.45) is 30.9. The van der Waals surface area contributed by atoms with Gasteiger partial charge in [0.25, 0.3) is 0 Å². The fourth-order valence-electron chi connectivity index (χ4n) is 6.04. The molecule has 1 aromatic heterocycles. The van der Waals surface area contributed by atoms with Crippen LogP contribution in [0.25, 0.3) is 11.4 Å². The van der Waals surface area contributed by atoms with Crippen LogP contribution in [0.3, 0.4) is 0 Å². The maximum atomic E-state index is 12.7. The van der Waals surface area contributed by atoms with Crippen LogP contribution in [0.5, 0.6) is 5.75 Å². The number of unbranched alkanes of at least 4 members (excludes halogenated alkanes) is 13. The molecule has 0 spiro atoms. The van der Waals surface area contributed by atoms with Crippen LogP contribution in [0, 0.1) is 11.8 Å². The van der Waals surface area contributed by atoms with Gasteiger partial charge in [-0.25, -0.2) is 9.97 Å². The maximum Gasteiger partial charge on any atom is 0.314 e. The van der Waals surface area contributed by atoms with Crippen molar-refractivity contribution >= 4 is 5.97 Å². The van der Waals surface area contributed by atoms with Gasteiger partial charge in [0.1, 0.15) is 5.75 Å². The molecule has 1 aliphatic rings. The first-order valence-corrected chi connectivity index (χ1v) is 16.8. The Morgan fingerprint density at radius 2 is 1.23 bits per heavy atom. The summed E-state index contributed by atoms with van der Waals surface area (Å²) in [6, 6.07) is 7.64. The molecule has 2 aromatic rings. The molecule has 1 saturated carbocycles. The van der Waals surface area contributed by atoms with Crippen LogP contribution in [-0.4, -0.2) is 15.9 Å². The molecular formula is C36H56N2O2. The molecule has 0 atom stereocenters. The second-order valence-corrected chi connectivity index (χ2v) is 12.2. The van der Waals surface area contributed by atoms with Gasteiger partial charge in [-0.3, -0.25) is 4.79 Å². The van der Waals surface area contributed by atoms with Gasteiger partial charge in [-0.15, -0.1) is 0 Å². The summed E-state index contributed by atoms with van der Waals surface area (Å²) in [6.45, 7) is 4.54. The molecule has 1 fully saturated rings. The summed E-state index contributed by atoms with van der Waals surface area (Å²) >= 11 is 0. The fourth-order valence-corrected chi connectivity index (χ4v) is 6.04. The molecule has 4 heteroatoms. The molecule has 0 saturated heterocycles. The molecule has 4 nitrogen and oxygen atoms in total. The van der Waals surface area contributed by atoms with Crippen LogP contribution in [0.1, 0.15) is 148 Å². The average molecular weight is 549 g/mol. The van der Waals surface area contributed by atoms with Crippen LogP contribution >= 0.6 is 0 Å². The molecule has 0 bridgehead atoms. The molecule has 3 rings (SSSR count). The molecule has 0 N–H and O–H groups in total. The lowest BCUT2D eigenvalue weighted by molar-refractivity contribution is -0.140. The number of esters is 1. The Hall–Kier alpha value is -2.23. The van der Waals surface area contributed by atoms with Crippen molar-refractivity contribution in [2.24, 2.45) is 11.8 Å². The van der Waals surface area contributed by atoms with Crippen LogP contribution in [0.15, 0.2) is 36.7 Å². The molecule has 40 heavy (non-hydrogen) atoms. The highest BCUT2D eigenvalue weighted by molar-refractivity contribution is 5.75. The number of rotatable bonds is 20. The lowest BCUT2D eigenvalue weighted by Gasteiger charge is -2.27. The van der Waals surface area contributed by atoms with Crippen molar-refractivity contribution in [3.05, 3.63) is 42.2 Å². The van der Waals surface area contributed by atoms with Gasteiger partial charge in [-0.2, -0.15) is 0 Å². The van der Waals surface area contributed by atoms with Crippen molar-refractivity contribution in [3.63, 3.8) is 0 Å². The van der Waals surface area contributed by atoms with E-state index in [1.165, 1.54) is 108 Å². The largest absolute Gasteiger partial charge is 0.426 e. The molecule has 0 aliphatic heterocycles. The fraction of sp³-hybridized carbons (Fsp3) is 0.694. The number of carbonyl (C=O) groups is 1. The molecule has 222 valence electrons. The molecule has 0 unspecified atom stereocenters. The van der Waals surface area contributed by atoms with Gasteiger partial charge in [-0.1, -0.05) is 110 Å². The van der Waals surface area contributed by atoms with Crippen molar-refractivity contribution in [2.45, 2.75) is 149 Å². The standard InChI is InChI=1S/C36H56N2O2/c1-3-5-7-8-9-10-11-12-13-14-15-17-19-31-28-37-35(38-29-31)32-24-26-34(27-25-32)40-36(39)33-22-20-30(21-23-33)18-16-6-4-2/h24-30,33H,3-23H2,1-2H3. The zero-order valence-electron chi connectivity index (χ0n) is 25.7. The Kier molecular flexibility index (Phi) is 16.0. The van der Waals surface area contributed by atoms with Gasteiger partial charge in [-0.05, 0) is 74.3 Å². The van der Waals surface area contributed by atoms with E-state index in [-0.39, 0.29) is 11.9 Å². The Labute approximate surface area is 245 Å². The normalized spacial score (nSPS) is 17.1. The number of hydrogen-bond donors (Lipinski definition) is 0. The summed E-state index contributed by atoms with van der Waals surface area (Å²) in [5.41, 5.74) is 2.16. The van der Waals surface area contributed by atoms with Gasteiger partial charge < -0.3 is 4.74 Å². The third-order valence-corrected chi connectivity index (χ3v) is 8.75. The number of carbonyl (C=O) groups excluding carboxylic acids is 1. The van der Waals surface area contributed by atoms with E-state index >= 15 is 0 Å². The number of aromatic nitrogens is 2. The second kappa shape index (κ2) is 19.8. The third-order valence-electron chi connectivity index (χ3n) is 8.75. The smallest absolute Gasteiger partial charge is 0.314 e. The zero-order chi connectivity index (χ0) is 28.3. The predicted octanol–water partition coefficient (Wildman–Crippen LogP) is 10.7. The van der Waals surface area contributed by atoms with E-state index in [4.69, 9.17) is 4.74 Å². The highest BCUT2D eigenvalue weighted by Gasteiger charge is 2.27. The molecule has 1 aliphatic carbocycles. The summed E-state index contributed by atoms with van der Waals surface area (Å²) in [7, 11) is 0. The Morgan fingerprint density at radius 3 is 1.80 bits per heavy atom. The number of hydrogen-bond acceptors (Lipinski definition) is 4. The van der Waals surface area contributed by atoms with Gasteiger partial charge >= 0.3 is 5.97 Å². The van der Waals surface area contributed by atoms with Crippen LogP contribution in [0.2, 0.25) is 0 Å². The average Bonchev–Trinajstić information content (AvgIpc) is 2.99. The monoisotopic (exact) mass is 548 g/mol. The van der Waals surface area contributed by atoms with Gasteiger partial charge in [0.2, 0.25) is 0 Å². The SMILES string of the molecule is CCCCCCCCCCCCCCc1cnc(-c2ccc(OC(=O)C3CCC(CCCCC)CC3)cc2)nc1. The minimum Gasteiger partial charge on any atom is -0.426 e. The minimum atomic E-state index is -0.0711. The first kappa shape index (κ1) is 32.3. The van der Waals surface area contributed by atoms with Crippen molar-refractivity contribution in [1.29, 1.82) is 0 Å². The van der Waals surface area contributed by atoms with Gasteiger partial charge in [0.05, 0.1) is 5.92 Å². The van der Waals surface area contributed by atoms with E-state index in [1.807, 2.05) is 36.7 Å². The van der Waals surface area contributed by atoms with Crippen LogP contribution in [-0.2, 0) is 11.2 Å². The topological polar surface area (TPSA) is 52.1 Å². The van der Waals surface area contributed by atoms with Crippen molar-refractivity contribution in [1.82, 2.24) is 9.97 Å². The van der Waals surface area contributed by atoms with E-state index in [1.54, 1.807) is 0 Å².